The first-order chi connectivity index (χ1) is 11.1. The van der Waals surface area contributed by atoms with Crippen LogP contribution in [0.25, 0.3) is 0 Å². The molecule has 1 heterocycles. The summed E-state index contributed by atoms with van der Waals surface area (Å²) in [6.07, 6.45) is 6.81. The molecule has 1 unspecified atom stereocenters. The number of hydrogen-bond donors (Lipinski definition) is 2. The number of nitrogens with zero attached hydrogens (tertiary/aromatic N) is 4. The van der Waals surface area contributed by atoms with Gasteiger partial charge in [0.2, 0.25) is 0 Å². The van der Waals surface area contributed by atoms with Crippen molar-refractivity contribution in [1.29, 1.82) is 0 Å². The summed E-state index contributed by atoms with van der Waals surface area (Å²) in [5, 5.41) is 14.9. The van der Waals surface area contributed by atoms with E-state index in [0.717, 1.165) is 24.2 Å². The van der Waals surface area contributed by atoms with Gasteiger partial charge in [0.15, 0.2) is 11.8 Å². The van der Waals surface area contributed by atoms with Crippen LogP contribution < -0.4 is 10.6 Å². The zero-order chi connectivity index (χ0) is 17.1. The Morgan fingerprint density at radius 1 is 1.33 bits per heavy atom. The summed E-state index contributed by atoms with van der Waals surface area (Å²) in [4.78, 5) is 4.62. The maximum absolute atomic E-state index is 4.62. The van der Waals surface area contributed by atoms with E-state index in [4.69, 9.17) is 0 Å². The summed E-state index contributed by atoms with van der Waals surface area (Å²) in [6.45, 7) is 12.3. The van der Waals surface area contributed by atoms with Crippen LogP contribution in [-0.2, 0) is 13.6 Å². The van der Waals surface area contributed by atoms with Crippen LogP contribution in [0.3, 0.4) is 0 Å². The highest BCUT2D eigenvalue weighted by atomic mass is 127. The van der Waals surface area contributed by atoms with Gasteiger partial charge in [0.25, 0.3) is 0 Å². The Hall–Kier alpha value is -1.12. The number of aliphatic imine (C=N–C) groups is 1. The van der Waals surface area contributed by atoms with Crippen LogP contribution in [0.1, 0.15) is 51.2 Å². The molecule has 7 heteroatoms. The number of hydrogen-bond acceptors (Lipinski definition) is 3. The van der Waals surface area contributed by atoms with E-state index in [-0.39, 0.29) is 24.0 Å². The highest BCUT2D eigenvalue weighted by Crippen LogP contribution is 2.11. The fraction of sp³-hybridized carbons (Fsp3) is 0.706. The summed E-state index contributed by atoms with van der Waals surface area (Å²) in [5.74, 6) is 3.25. The predicted molar refractivity (Wildman–Crippen MR) is 112 cm³/mol. The molecule has 6 nitrogen and oxygen atoms in total. The lowest BCUT2D eigenvalue weighted by Crippen LogP contribution is -2.40. The molecule has 1 rings (SSSR count). The average Bonchev–Trinajstić information content (AvgIpc) is 2.88. The minimum absolute atomic E-state index is 0. The molecule has 1 atom stereocenters. The minimum atomic E-state index is 0. The molecule has 24 heavy (non-hydrogen) atoms. The Morgan fingerprint density at radius 2 is 2.08 bits per heavy atom. The molecule has 0 spiro atoms. The standard InChI is InChI=1S/C17H32N6.HI/c1-6-9-10-15(8-3)12-19-17(18-11-7-2)20-13-16-22-21-14(4)23(16)5;/h7,15H,2,6,8-13H2,1,3-5H3,(H2,18,19,20);1H. The zero-order valence-electron chi connectivity index (χ0n) is 15.5. The molecule has 0 aromatic carbocycles. The molecule has 0 saturated carbocycles. The fourth-order valence-corrected chi connectivity index (χ4v) is 2.27. The Morgan fingerprint density at radius 3 is 2.62 bits per heavy atom. The van der Waals surface area contributed by atoms with E-state index in [2.05, 4.69) is 46.2 Å². The Bertz CT molecular complexity index is 497. The number of unbranched alkanes of at least 4 members (excludes halogenated alkanes) is 1. The van der Waals surface area contributed by atoms with Gasteiger partial charge < -0.3 is 15.2 Å². The number of nitrogens with one attached hydrogen (secondary N) is 2. The minimum Gasteiger partial charge on any atom is -0.356 e. The number of rotatable bonds is 10. The van der Waals surface area contributed by atoms with Crippen LogP contribution in [0.5, 0.6) is 0 Å². The molecule has 138 valence electrons. The van der Waals surface area contributed by atoms with Crippen molar-refractivity contribution >= 4 is 29.9 Å². The first kappa shape index (κ1) is 22.9. The smallest absolute Gasteiger partial charge is 0.191 e. The Labute approximate surface area is 163 Å². The largest absolute Gasteiger partial charge is 0.356 e. The molecule has 0 bridgehead atoms. The van der Waals surface area contributed by atoms with E-state index >= 15 is 0 Å². The molecule has 2 N–H and O–H groups in total. The van der Waals surface area contributed by atoms with Crippen molar-refractivity contribution in [1.82, 2.24) is 25.4 Å². The summed E-state index contributed by atoms with van der Waals surface area (Å²) >= 11 is 0. The zero-order valence-corrected chi connectivity index (χ0v) is 17.8. The molecule has 0 radical (unpaired) electrons. The normalized spacial score (nSPS) is 12.4. The lowest BCUT2D eigenvalue weighted by Gasteiger charge is -2.18. The number of aryl methyl sites for hydroxylation is 1. The summed E-state index contributed by atoms with van der Waals surface area (Å²) in [6, 6.07) is 0. The van der Waals surface area contributed by atoms with Crippen molar-refractivity contribution in [3.05, 3.63) is 24.3 Å². The maximum atomic E-state index is 4.62. The van der Waals surface area contributed by atoms with E-state index in [1.165, 1.54) is 25.7 Å². The molecule has 0 aliphatic carbocycles. The number of guanidine groups is 1. The summed E-state index contributed by atoms with van der Waals surface area (Å²) in [7, 11) is 1.96. The van der Waals surface area contributed by atoms with Crippen molar-refractivity contribution in [2.75, 3.05) is 13.1 Å². The van der Waals surface area contributed by atoms with Gasteiger partial charge in [0, 0.05) is 20.1 Å². The van der Waals surface area contributed by atoms with E-state index < -0.39 is 0 Å². The van der Waals surface area contributed by atoms with Gasteiger partial charge in [0.05, 0.1) is 0 Å². The van der Waals surface area contributed by atoms with Crippen LogP contribution >= 0.6 is 24.0 Å². The van der Waals surface area contributed by atoms with Crippen LogP contribution in [0.4, 0.5) is 0 Å². The third-order valence-electron chi connectivity index (χ3n) is 4.08. The van der Waals surface area contributed by atoms with E-state index in [0.29, 0.717) is 19.0 Å². The molecule has 0 fully saturated rings. The lowest BCUT2D eigenvalue weighted by atomic mass is 9.99. The van der Waals surface area contributed by atoms with Gasteiger partial charge in [-0.05, 0) is 19.3 Å². The van der Waals surface area contributed by atoms with Crippen molar-refractivity contribution in [2.45, 2.75) is 53.0 Å². The van der Waals surface area contributed by atoms with Crippen molar-refractivity contribution in [2.24, 2.45) is 18.0 Å². The van der Waals surface area contributed by atoms with Gasteiger partial charge in [-0.3, -0.25) is 0 Å². The van der Waals surface area contributed by atoms with Crippen LogP contribution in [0.2, 0.25) is 0 Å². The van der Waals surface area contributed by atoms with E-state index in [1.54, 1.807) is 0 Å². The van der Waals surface area contributed by atoms with Gasteiger partial charge in [-0.1, -0.05) is 39.2 Å². The van der Waals surface area contributed by atoms with Gasteiger partial charge in [0.1, 0.15) is 12.4 Å². The average molecular weight is 448 g/mol. The first-order valence-electron chi connectivity index (χ1n) is 8.60. The monoisotopic (exact) mass is 448 g/mol. The molecule has 0 amide bonds. The molecular formula is C17H33IN6. The second-order valence-corrected chi connectivity index (χ2v) is 5.85. The third-order valence-corrected chi connectivity index (χ3v) is 4.08. The summed E-state index contributed by atoms with van der Waals surface area (Å²) in [5.41, 5.74) is 0. The molecular weight excluding hydrogens is 415 g/mol. The number of halogens is 1. The Balaban J connectivity index is 0.00000529. The third kappa shape index (κ3) is 8.12. The lowest BCUT2D eigenvalue weighted by molar-refractivity contribution is 0.444. The van der Waals surface area contributed by atoms with Gasteiger partial charge in [-0.15, -0.1) is 40.8 Å². The van der Waals surface area contributed by atoms with Gasteiger partial charge in [-0.25, -0.2) is 4.99 Å². The molecule has 0 saturated heterocycles. The van der Waals surface area contributed by atoms with Gasteiger partial charge >= 0.3 is 0 Å². The maximum Gasteiger partial charge on any atom is 0.191 e. The molecule has 1 aromatic heterocycles. The SMILES string of the molecule is C=CCNC(=NCc1nnc(C)n1C)NCC(CC)CCCC.I. The van der Waals surface area contributed by atoms with E-state index in [9.17, 15) is 0 Å². The molecule has 0 aliphatic rings. The highest BCUT2D eigenvalue weighted by Gasteiger charge is 2.08. The van der Waals surface area contributed by atoms with E-state index in [1.807, 2.05) is 24.6 Å². The Kier molecular flexibility index (Phi) is 12.6. The van der Waals surface area contributed by atoms with Crippen LogP contribution in [0.15, 0.2) is 17.6 Å². The topological polar surface area (TPSA) is 67.1 Å². The highest BCUT2D eigenvalue weighted by molar-refractivity contribution is 14.0. The first-order valence-corrected chi connectivity index (χ1v) is 8.60. The predicted octanol–water partition coefficient (Wildman–Crippen LogP) is 3.18. The van der Waals surface area contributed by atoms with Crippen LogP contribution in [0, 0.1) is 12.8 Å². The fourth-order valence-electron chi connectivity index (χ4n) is 2.27. The van der Waals surface area contributed by atoms with Crippen molar-refractivity contribution in [3.63, 3.8) is 0 Å². The van der Waals surface area contributed by atoms with Gasteiger partial charge in [-0.2, -0.15) is 0 Å². The van der Waals surface area contributed by atoms with Crippen LogP contribution in [-0.4, -0.2) is 33.8 Å². The van der Waals surface area contributed by atoms with Crippen molar-refractivity contribution in [3.8, 4) is 0 Å². The number of aromatic nitrogens is 3. The molecule has 0 aliphatic heterocycles. The second-order valence-electron chi connectivity index (χ2n) is 5.85. The summed E-state index contributed by atoms with van der Waals surface area (Å²) < 4.78 is 1.96. The quantitative estimate of drug-likeness (QED) is 0.250. The second kappa shape index (κ2) is 13.2. The molecule has 1 aromatic rings. The van der Waals surface area contributed by atoms with Crippen molar-refractivity contribution < 1.29 is 0 Å².